The van der Waals surface area contributed by atoms with Gasteiger partial charge >= 0.3 is 0 Å². The summed E-state index contributed by atoms with van der Waals surface area (Å²) in [6.45, 7) is 4.57. The lowest BCUT2D eigenvalue weighted by Crippen LogP contribution is -2.09. The molecule has 0 fully saturated rings. The van der Waals surface area contributed by atoms with E-state index in [4.69, 9.17) is 0 Å². The summed E-state index contributed by atoms with van der Waals surface area (Å²) in [4.78, 5) is 2.35. The molecular weight excluding hydrogens is 651 g/mol. The zero-order valence-electron chi connectivity index (χ0n) is 31.1. The SMILES string of the molecule is Cc1ccccc1-c1cc(-c2ccc(N(c3ccc(-c4ccccc4)cc3)c3ccc(-c4ccccc4)cc3)cc2)ccc1CCC(C)c1ccccc1. The molecule has 8 aromatic rings. The van der Waals surface area contributed by atoms with Gasteiger partial charge in [-0.2, -0.15) is 0 Å². The highest BCUT2D eigenvalue weighted by atomic mass is 15.1. The van der Waals surface area contributed by atoms with Crippen molar-refractivity contribution in [2.75, 3.05) is 4.90 Å². The van der Waals surface area contributed by atoms with Gasteiger partial charge in [-0.3, -0.25) is 0 Å². The molecule has 0 amide bonds. The van der Waals surface area contributed by atoms with Crippen LogP contribution in [-0.4, -0.2) is 0 Å². The van der Waals surface area contributed by atoms with Crippen molar-refractivity contribution in [2.45, 2.75) is 32.6 Å². The van der Waals surface area contributed by atoms with E-state index in [0.717, 1.165) is 29.9 Å². The lowest BCUT2D eigenvalue weighted by Gasteiger charge is -2.26. The van der Waals surface area contributed by atoms with Crippen LogP contribution in [0.4, 0.5) is 17.1 Å². The van der Waals surface area contributed by atoms with Gasteiger partial charge in [0.1, 0.15) is 0 Å². The highest BCUT2D eigenvalue weighted by Crippen LogP contribution is 2.39. The Morgan fingerprint density at radius 2 is 0.796 bits per heavy atom. The van der Waals surface area contributed by atoms with Crippen LogP contribution in [0.1, 0.15) is 36.0 Å². The van der Waals surface area contributed by atoms with Gasteiger partial charge in [-0.05, 0) is 129 Å². The molecule has 0 spiro atoms. The van der Waals surface area contributed by atoms with E-state index in [1.54, 1.807) is 0 Å². The van der Waals surface area contributed by atoms with E-state index in [1.165, 1.54) is 61.2 Å². The minimum Gasteiger partial charge on any atom is -0.311 e. The fourth-order valence-electron chi connectivity index (χ4n) is 7.54. The highest BCUT2D eigenvalue weighted by Gasteiger charge is 2.16. The Hall–Kier alpha value is -6.44. The van der Waals surface area contributed by atoms with E-state index in [2.05, 4.69) is 225 Å². The Labute approximate surface area is 320 Å². The molecule has 1 nitrogen and oxygen atoms in total. The molecule has 0 aliphatic rings. The van der Waals surface area contributed by atoms with Crippen molar-refractivity contribution < 1.29 is 0 Å². The normalized spacial score (nSPS) is 11.6. The number of benzene rings is 8. The smallest absolute Gasteiger partial charge is 0.0462 e. The first-order valence-corrected chi connectivity index (χ1v) is 19.1. The lowest BCUT2D eigenvalue weighted by molar-refractivity contribution is 0.680. The molecule has 1 atom stereocenters. The first-order chi connectivity index (χ1) is 26.6. The van der Waals surface area contributed by atoms with Crippen molar-refractivity contribution in [1.29, 1.82) is 0 Å². The quantitative estimate of drug-likeness (QED) is 0.130. The van der Waals surface area contributed by atoms with Crippen LogP contribution >= 0.6 is 0 Å². The van der Waals surface area contributed by atoms with Gasteiger partial charge in [0.25, 0.3) is 0 Å². The Morgan fingerprint density at radius 3 is 1.30 bits per heavy atom. The van der Waals surface area contributed by atoms with Crippen molar-refractivity contribution in [3.63, 3.8) is 0 Å². The minimum absolute atomic E-state index is 0.496. The predicted octanol–water partition coefficient (Wildman–Crippen LogP) is 14.9. The fraction of sp³-hybridized carbons (Fsp3) is 0.0943. The van der Waals surface area contributed by atoms with E-state index in [1.807, 2.05) is 0 Å². The summed E-state index contributed by atoms with van der Waals surface area (Å²) < 4.78 is 0. The van der Waals surface area contributed by atoms with Crippen molar-refractivity contribution in [3.05, 3.63) is 223 Å². The van der Waals surface area contributed by atoms with E-state index < -0.39 is 0 Å². The second kappa shape index (κ2) is 16.1. The maximum absolute atomic E-state index is 2.40. The summed E-state index contributed by atoms with van der Waals surface area (Å²) in [6, 6.07) is 74.8. The number of aryl methyl sites for hydroxylation is 2. The molecule has 8 aromatic carbocycles. The van der Waals surface area contributed by atoms with Gasteiger partial charge in [0.2, 0.25) is 0 Å². The molecule has 0 radical (unpaired) electrons. The third kappa shape index (κ3) is 7.68. The monoisotopic (exact) mass is 695 g/mol. The number of rotatable bonds is 11. The molecule has 8 rings (SSSR count). The Morgan fingerprint density at radius 1 is 0.389 bits per heavy atom. The average Bonchev–Trinajstić information content (AvgIpc) is 3.25. The zero-order chi connectivity index (χ0) is 36.7. The van der Waals surface area contributed by atoms with Crippen molar-refractivity contribution in [1.82, 2.24) is 0 Å². The number of nitrogens with zero attached hydrogens (tertiary/aromatic N) is 1. The number of hydrogen-bond acceptors (Lipinski definition) is 1. The molecular formula is C53H45N. The molecule has 0 aliphatic heterocycles. The average molecular weight is 696 g/mol. The first kappa shape index (κ1) is 34.6. The maximum atomic E-state index is 2.40. The van der Waals surface area contributed by atoms with E-state index in [-0.39, 0.29) is 0 Å². The summed E-state index contributed by atoms with van der Waals surface area (Å²) in [5, 5.41) is 0. The number of anilines is 3. The van der Waals surface area contributed by atoms with Gasteiger partial charge in [0, 0.05) is 17.1 Å². The predicted molar refractivity (Wildman–Crippen MR) is 231 cm³/mol. The molecule has 0 bridgehead atoms. The summed E-state index contributed by atoms with van der Waals surface area (Å²) in [5.41, 5.74) is 17.4. The van der Waals surface area contributed by atoms with Crippen LogP contribution in [0.25, 0.3) is 44.5 Å². The third-order valence-electron chi connectivity index (χ3n) is 10.7. The molecule has 0 N–H and O–H groups in total. The van der Waals surface area contributed by atoms with Crippen LogP contribution in [0.2, 0.25) is 0 Å². The summed E-state index contributed by atoms with van der Waals surface area (Å²) >= 11 is 0. The Kier molecular flexibility index (Phi) is 10.3. The van der Waals surface area contributed by atoms with Crippen LogP contribution in [0, 0.1) is 6.92 Å². The van der Waals surface area contributed by atoms with Gasteiger partial charge in [-0.25, -0.2) is 0 Å². The van der Waals surface area contributed by atoms with Gasteiger partial charge in [-0.1, -0.05) is 171 Å². The summed E-state index contributed by atoms with van der Waals surface area (Å²) in [6.07, 6.45) is 2.13. The molecule has 54 heavy (non-hydrogen) atoms. The van der Waals surface area contributed by atoms with Gasteiger partial charge in [0.15, 0.2) is 0 Å². The van der Waals surface area contributed by atoms with E-state index >= 15 is 0 Å². The van der Waals surface area contributed by atoms with E-state index in [0.29, 0.717) is 5.92 Å². The third-order valence-corrected chi connectivity index (χ3v) is 10.7. The van der Waals surface area contributed by atoms with Crippen LogP contribution < -0.4 is 4.90 Å². The maximum Gasteiger partial charge on any atom is 0.0462 e. The van der Waals surface area contributed by atoms with Gasteiger partial charge in [-0.15, -0.1) is 0 Å². The lowest BCUT2D eigenvalue weighted by atomic mass is 9.88. The standard InChI is InChI=1S/C53H45N/c1-39(41-15-6-3-7-16-41)22-23-47-24-25-48(38-53(47)52-21-13-12-14-40(52)2)46-30-36-51(37-31-46)54(49-32-26-44(27-33-49)42-17-8-4-9-18-42)50-34-28-45(29-35-50)43-19-10-5-11-20-43/h3-21,24-39H,22-23H2,1-2H3. The Balaban J connectivity index is 1.13. The Bertz CT molecular complexity index is 2330. The molecule has 0 heterocycles. The second-order valence-corrected chi connectivity index (χ2v) is 14.2. The van der Waals surface area contributed by atoms with Crippen LogP contribution in [0.5, 0.6) is 0 Å². The molecule has 1 heteroatoms. The largest absolute Gasteiger partial charge is 0.311 e. The summed E-state index contributed by atoms with van der Waals surface area (Å²) in [7, 11) is 0. The van der Waals surface area contributed by atoms with Gasteiger partial charge in [0.05, 0.1) is 0 Å². The topological polar surface area (TPSA) is 3.24 Å². The molecule has 1 unspecified atom stereocenters. The van der Waals surface area contributed by atoms with E-state index in [9.17, 15) is 0 Å². The molecule has 262 valence electrons. The van der Waals surface area contributed by atoms with Crippen LogP contribution in [0.15, 0.2) is 206 Å². The molecule has 0 saturated heterocycles. The molecule has 0 aliphatic carbocycles. The minimum atomic E-state index is 0.496. The summed E-state index contributed by atoms with van der Waals surface area (Å²) in [5.74, 6) is 0.496. The van der Waals surface area contributed by atoms with Crippen LogP contribution in [0.3, 0.4) is 0 Å². The zero-order valence-corrected chi connectivity index (χ0v) is 31.1. The van der Waals surface area contributed by atoms with Crippen LogP contribution in [-0.2, 0) is 6.42 Å². The number of hydrogen-bond donors (Lipinski definition) is 0. The highest BCUT2D eigenvalue weighted by molar-refractivity contribution is 5.82. The molecule has 0 aromatic heterocycles. The molecule has 0 saturated carbocycles. The van der Waals surface area contributed by atoms with Gasteiger partial charge < -0.3 is 4.90 Å². The van der Waals surface area contributed by atoms with Crippen molar-refractivity contribution in [2.24, 2.45) is 0 Å². The van der Waals surface area contributed by atoms with Crippen molar-refractivity contribution in [3.8, 4) is 44.5 Å². The fourth-order valence-corrected chi connectivity index (χ4v) is 7.54. The van der Waals surface area contributed by atoms with Crippen molar-refractivity contribution >= 4 is 17.1 Å². The first-order valence-electron chi connectivity index (χ1n) is 19.1. The second-order valence-electron chi connectivity index (χ2n) is 14.2.